The summed E-state index contributed by atoms with van der Waals surface area (Å²) in [5.74, 6) is 0.348. The van der Waals surface area contributed by atoms with Crippen LogP contribution in [0, 0.1) is 5.82 Å². The number of halogens is 2. The molecule has 112 valence electrons. The summed E-state index contributed by atoms with van der Waals surface area (Å²) in [6, 6.07) is 13.0. The standard InChI is InChI=1S/C17H19ClFNO/c1-12(2)20-10-13-4-3-5-15(8-13)21-11-14-6-7-16(18)17(19)9-14/h3-9,12,20H,10-11H2,1-2H3. The molecule has 0 heterocycles. The van der Waals surface area contributed by atoms with Gasteiger partial charge in [0.1, 0.15) is 18.2 Å². The fraction of sp³-hybridized carbons (Fsp3) is 0.294. The molecule has 0 aliphatic carbocycles. The molecule has 21 heavy (non-hydrogen) atoms. The Kier molecular flexibility index (Phi) is 5.59. The van der Waals surface area contributed by atoms with Crippen LogP contribution in [0.5, 0.6) is 5.75 Å². The highest BCUT2D eigenvalue weighted by Gasteiger charge is 2.03. The average Bonchev–Trinajstić information content (AvgIpc) is 2.47. The number of ether oxygens (including phenoxy) is 1. The largest absolute Gasteiger partial charge is 0.489 e. The molecule has 0 saturated heterocycles. The molecule has 2 nitrogen and oxygen atoms in total. The quantitative estimate of drug-likeness (QED) is 0.845. The highest BCUT2D eigenvalue weighted by molar-refractivity contribution is 6.30. The third-order valence-electron chi connectivity index (χ3n) is 3.00. The molecular formula is C17H19ClFNO. The van der Waals surface area contributed by atoms with E-state index in [9.17, 15) is 4.39 Å². The molecule has 0 bridgehead atoms. The summed E-state index contributed by atoms with van der Waals surface area (Å²) in [6.07, 6.45) is 0. The SMILES string of the molecule is CC(C)NCc1cccc(OCc2ccc(Cl)c(F)c2)c1. The topological polar surface area (TPSA) is 21.3 Å². The van der Waals surface area contributed by atoms with Gasteiger partial charge in [-0.05, 0) is 35.4 Å². The molecule has 2 rings (SSSR count). The van der Waals surface area contributed by atoms with Crippen molar-refractivity contribution in [1.29, 1.82) is 0 Å². The Morgan fingerprint density at radius 1 is 1.14 bits per heavy atom. The highest BCUT2D eigenvalue weighted by atomic mass is 35.5. The Morgan fingerprint density at radius 3 is 2.67 bits per heavy atom. The summed E-state index contributed by atoms with van der Waals surface area (Å²) in [6.45, 7) is 5.32. The normalized spacial score (nSPS) is 10.9. The Bertz CT molecular complexity index is 601. The van der Waals surface area contributed by atoms with Crippen molar-refractivity contribution in [3.63, 3.8) is 0 Å². The van der Waals surface area contributed by atoms with Gasteiger partial charge in [-0.3, -0.25) is 0 Å². The first-order valence-corrected chi connectivity index (χ1v) is 7.31. The van der Waals surface area contributed by atoms with Crippen molar-refractivity contribution in [2.75, 3.05) is 0 Å². The first kappa shape index (κ1) is 15.8. The number of hydrogen-bond acceptors (Lipinski definition) is 2. The van der Waals surface area contributed by atoms with E-state index in [2.05, 4.69) is 19.2 Å². The van der Waals surface area contributed by atoms with E-state index in [0.717, 1.165) is 23.4 Å². The number of rotatable bonds is 6. The summed E-state index contributed by atoms with van der Waals surface area (Å²) in [5, 5.41) is 3.48. The molecule has 0 amide bonds. The first-order valence-electron chi connectivity index (χ1n) is 6.93. The maximum Gasteiger partial charge on any atom is 0.142 e. The molecule has 0 radical (unpaired) electrons. The van der Waals surface area contributed by atoms with E-state index in [-0.39, 0.29) is 5.02 Å². The molecule has 4 heteroatoms. The average molecular weight is 308 g/mol. The van der Waals surface area contributed by atoms with Gasteiger partial charge in [0.25, 0.3) is 0 Å². The lowest BCUT2D eigenvalue weighted by molar-refractivity contribution is 0.305. The molecule has 2 aromatic carbocycles. The van der Waals surface area contributed by atoms with Crippen LogP contribution in [0.25, 0.3) is 0 Å². The molecular weight excluding hydrogens is 289 g/mol. The molecule has 2 aromatic rings. The molecule has 0 aliphatic rings. The van der Waals surface area contributed by atoms with Crippen LogP contribution in [0.15, 0.2) is 42.5 Å². The van der Waals surface area contributed by atoms with Crippen LogP contribution in [0.4, 0.5) is 4.39 Å². The van der Waals surface area contributed by atoms with Crippen molar-refractivity contribution < 1.29 is 9.13 Å². The van der Waals surface area contributed by atoms with Crippen LogP contribution < -0.4 is 10.1 Å². The minimum Gasteiger partial charge on any atom is -0.489 e. The Hall–Kier alpha value is -1.58. The van der Waals surface area contributed by atoms with E-state index in [4.69, 9.17) is 16.3 Å². The molecule has 0 unspecified atom stereocenters. The molecule has 0 fully saturated rings. The van der Waals surface area contributed by atoms with E-state index in [1.165, 1.54) is 6.07 Å². The third kappa shape index (κ3) is 5.03. The van der Waals surface area contributed by atoms with Crippen LogP contribution in [-0.2, 0) is 13.2 Å². The predicted octanol–water partition coefficient (Wildman–Crippen LogP) is 4.56. The molecule has 0 saturated carbocycles. The van der Waals surface area contributed by atoms with Gasteiger partial charge >= 0.3 is 0 Å². The minimum absolute atomic E-state index is 0.125. The van der Waals surface area contributed by atoms with Crippen LogP contribution in [0.1, 0.15) is 25.0 Å². The summed E-state index contributed by atoms with van der Waals surface area (Å²) in [4.78, 5) is 0. The van der Waals surface area contributed by atoms with Gasteiger partial charge in [0, 0.05) is 12.6 Å². The van der Waals surface area contributed by atoms with E-state index < -0.39 is 5.82 Å². The monoisotopic (exact) mass is 307 g/mol. The highest BCUT2D eigenvalue weighted by Crippen LogP contribution is 2.18. The number of nitrogens with one attached hydrogen (secondary N) is 1. The van der Waals surface area contributed by atoms with Gasteiger partial charge in [-0.25, -0.2) is 4.39 Å². The maximum atomic E-state index is 13.3. The Balaban J connectivity index is 1.96. The summed E-state index contributed by atoms with van der Waals surface area (Å²) < 4.78 is 19.0. The molecule has 1 N–H and O–H groups in total. The summed E-state index contributed by atoms with van der Waals surface area (Å²) >= 11 is 5.66. The lowest BCUT2D eigenvalue weighted by atomic mass is 10.2. The van der Waals surface area contributed by atoms with E-state index >= 15 is 0 Å². The van der Waals surface area contributed by atoms with Crippen LogP contribution in [0.2, 0.25) is 5.02 Å². The number of hydrogen-bond donors (Lipinski definition) is 1. The van der Waals surface area contributed by atoms with Crippen molar-refractivity contribution in [3.05, 3.63) is 64.4 Å². The Labute approximate surface area is 129 Å². The van der Waals surface area contributed by atoms with Crippen molar-refractivity contribution in [3.8, 4) is 5.75 Å². The lowest BCUT2D eigenvalue weighted by Crippen LogP contribution is -2.21. The van der Waals surface area contributed by atoms with Gasteiger partial charge in [-0.15, -0.1) is 0 Å². The lowest BCUT2D eigenvalue weighted by Gasteiger charge is -2.11. The smallest absolute Gasteiger partial charge is 0.142 e. The van der Waals surface area contributed by atoms with Crippen LogP contribution in [0.3, 0.4) is 0 Å². The van der Waals surface area contributed by atoms with E-state index in [1.54, 1.807) is 12.1 Å². The van der Waals surface area contributed by atoms with Crippen molar-refractivity contribution in [2.24, 2.45) is 0 Å². The molecule has 0 aromatic heterocycles. The zero-order valence-electron chi connectivity index (χ0n) is 12.2. The van der Waals surface area contributed by atoms with E-state index in [1.807, 2.05) is 24.3 Å². The fourth-order valence-electron chi connectivity index (χ4n) is 1.86. The maximum absolute atomic E-state index is 13.3. The van der Waals surface area contributed by atoms with Gasteiger partial charge in [0.15, 0.2) is 0 Å². The molecule has 0 atom stereocenters. The van der Waals surface area contributed by atoms with Gasteiger partial charge < -0.3 is 10.1 Å². The van der Waals surface area contributed by atoms with Crippen molar-refractivity contribution in [1.82, 2.24) is 5.32 Å². The summed E-state index contributed by atoms with van der Waals surface area (Å²) in [5.41, 5.74) is 1.91. The van der Waals surface area contributed by atoms with Crippen LogP contribution >= 0.6 is 11.6 Å². The van der Waals surface area contributed by atoms with Crippen molar-refractivity contribution in [2.45, 2.75) is 33.0 Å². The number of benzene rings is 2. The van der Waals surface area contributed by atoms with Gasteiger partial charge in [0.05, 0.1) is 5.02 Å². The van der Waals surface area contributed by atoms with Gasteiger partial charge in [-0.2, -0.15) is 0 Å². The van der Waals surface area contributed by atoms with Gasteiger partial charge in [0.2, 0.25) is 0 Å². The zero-order chi connectivity index (χ0) is 15.2. The van der Waals surface area contributed by atoms with Crippen molar-refractivity contribution >= 4 is 11.6 Å². The second kappa shape index (κ2) is 7.43. The second-order valence-electron chi connectivity index (χ2n) is 5.22. The zero-order valence-corrected chi connectivity index (χ0v) is 13.0. The first-order chi connectivity index (χ1) is 10.0. The van der Waals surface area contributed by atoms with E-state index in [0.29, 0.717) is 12.6 Å². The minimum atomic E-state index is -0.423. The fourth-order valence-corrected chi connectivity index (χ4v) is 1.98. The Morgan fingerprint density at radius 2 is 1.95 bits per heavy atom. The molecule has 0 spiro atoms. The third-order valence-corrected chi connectivity index (χ3v) is 3.31. The van der Waals surface area contributed by atoms with Crippen LogP contribution in [-0.4, -0.2) is 6.04 Å². The predicted molar refractivity (Wildman–Crippen MR) is 84.2 cm³/mol. The van der Waals surface area contributed by atoms with Gasteiger partial charge in [-0.1, -0.05) is 43.6 Å². The molecule has 0 aliphatic heterocycles. The second-order valence-corrected chi connectivity index (χ2v) is 5.63. The summed E-state index contributed by atoms with van der Waals surface area (Å²) in [7, 11) is 0.